The van der Waals surface area contributed by atoms with E-state index in [9.17, 15) is 19.1 Å². The Morgan fingerprint density at radius 3 is 2.66 bits per heavy atom. The highest BCUT2D eigenvalue weighted by atomic mass is 19.3. The van der Waals surface area contributed by atoms with Crippen molar-refractivity contribution in [2.24, 2.45) is 17.8 Å². The summed E-state index contributed by atoms with van der Waals surface area (Å²) in [7, 11) is 0. The third kappa shape index (κ3) is 8.07. The molecule has 4 nitrogen and oxygen atoms in total. The highest BCUT2D eigenvalue weighted by Crippen LogP contribution is 2.58. The minimum atomic E-state index is -2.42. The van der Waals surface area contributed by atoms with Gasteiger partial charge in [-0.2, -0.15) is 5.26 Å². The molecule has 1 N–H and O–H groups in total. The van der Waals surface area contributed by atoms with Gasteiger partial charge < -0.3 is 14.6 Å². The quantitative estimate of drug-likeness (QED) is 0.232. The number of nitrogens with zero attached hydrogens (tertiary/aromatic N) is 1. The van der Waals surface area contributed by atoms with Gasteiger partial charge in [-0.05, 0) is 121 Å². The maximum Gasteiger partial charge on any atom is 0.241 e. The number of unbranched alkanes of at least 4 members (excludes halogenated alkanes) is 1. The van der Waals surface area contributed by atoms with Crippen LogP contribution in [0.4, 0.5) is 8.78 Å². The number of ether oxygens (including phenoxy) is 2. The number of aliphatic hydroxyl groups is 1. The van der Waals surface area contributed by atoms with Crippen molar-refractivity contribution in [1.82, 2.24) is 0 Å². The first-order valence-electron chi connectivity index (χ1n) is 17.6. The lowest BCUT2D eigenvalue weighted by molar-refractivity contribution is 0.00249. The normalized spacial score (nSPS) is 23.9. The number of fused-ring (bicyclic) bond motifs is 1. The Balaban J connectivity index is 1.42. The topological polar surface area (TPSA) is 62.5 Å². The summed E-state index contributed by atoms with van der Waals surface area (Å²) in [4.78, 5) is 0. The average Bonchev–Trinajstić information content (AvgIpc) is 3.88. The third-order valence-electron chi connectivity index (χ3n) is 10.5. The number of benzene rings is 1. The zero-order chi connectivity index (χ0) is 33.7. The first-order valence-corrected chi connectivity index (χ1v) is 17.6. The molecule has 0 aromatic heterocycles. The van der Waals surface area contributed by atoms with Crippen molar-refractivity contribution in [2.45, 2.75) is 111 Å². The van der Waals surface area contributed by atoms with E-state index in [2.05, 4.69) is 57.2 Å². The predicted molar refractivity (Wildman–Crippen MR) is 185 cm³/mol. The maximum absolute atomic E-state index is 13.9. The van der Waals surface area contributed by atoms with Gasteiger partial charge >= 0.3 is 0 Å². The molecule has 47 heavy (non-hydrogen) atoms. The molecule has 6 heteroatoms. The second kappa shape index (κ2) is 15.3. The molecule has 1 aliphatic heterocycles. The van der Waals surface area contributed by atoms with Crippen molar-refractivity contribution in [3.8, 4) is 11.8 Å². The van der Waals surface area contributed by atoms with Gasteiger partial charge in [0, 0.05) is 18.8 Å². The Hall–Kier alpha value is -3.27. The minimum Gasteiger partial charge on any atom is -0.489 e. The van der Waals surface area contributed by atoms with E-state index in [1.165, 1.54) is 27.9 Å². The summed E-state index contributed by atoms with van der Waals surface area (Å²) in [6.45, 7) is 11.6. The molecule has 1 saturated heterocycles. The average molecular weight is 644 g/mol. The molecule has 4 unspecified atom stereocenters. The number of nitriles is 1. The van der Waals surface area contributed by atoms with E-state index in [0.29, 0.717) is 36.9 Å². The summed E-state index contributed by atoms with van der Waals surface area (Å²) >= 11 is 0. The fourth-order valence-corrected chi connectivity index (χ4v) is 7.76. The number of hydrogen-bond acceptors (Lipinski definition) is 4. The SMILES string of the molecule is CCCCC(CC(C)(O)C1=CC(CC)=C(/C(C)=C/C2=C(C)C(c3ccc(OC4CCOCC4)c(C#N)c3)=CC=CC2)C2CC12)C(F)F. The van der Waals surface area contributed by atoms with Crippen LogP contribution in [0.5, 0.6) is 5.75 Å². The number of rotatable bonds is 13. The zero-order valence-electron chi connectivity index (χ0n) is 28.8. The van der Waals surface area contributed by atoms with Crippen LogP contribution < -0.4 is 4.74 Å². The van der Waals surface area contributed by atoms with Crippen LogP contribution in [0.15, 0.2) is 82.0 Å². The van der Waals surface area contributed by atoms with Crippen LogP contribution in [-0.4, -0.2) is 36.5 Å². The monoisotopic (exact) mass is 643 g/mol. The van der Waals surface area contributed by atoms with E-state index in [-0.39, 0.29) is 18.4 Å². The lowest BCUT2D eigenvalue weighted by atomic mass is 9.76. The molecule has 1 saturated carbocycles. The molecule has 4 atom stereocenters. The lowest BCUT2D eigenvalue weighted by Crippen LogP contribution is -2.34. The van der Waals surface area contributed by atoms with E-state index >= 15 is 0 Å². The zero-order valence-corrected chi connectivity index (χ0v) is 28.8. The van der Waals surface area contributed by atoms with Gasteiger partial charge in [0.05, 0.1) is 24.4 Å². The Morgan fingerprint density at radius 2 is 1.98 bits per heavy atom. The van der Waals surface area contributed by atoms with E-state index in [1.54, 1.807) is 6.92 Å². The summed E-state index contributed by atoms with van der Waals surface area (Å²) in [5.74, 6) is 0.347. The molecule has 0 bridgehead atoms. The molecule has 252 valence electrons. The van der Waals surface area contributed by atoms with Crippen LogP contribution in [0.2, 0.25) is 0 Å². The molecule has 4 aliphatic rings. The maximum atomic E-state index is 13.9. The van der Waals surface area contributed by atoms with Crippen LogP contribution in [0.3, 0.4) is 0 Å². The van der Waals surface area contributed by atoms with Crippen LogP contribution in [0.25, 0.3) is 5.57 Å². The number of halogens is 2. The van der Waals surface area contributed by atoms with Gasteiger partial charge in [0.1, 0.15) is 17.9 Å². The molecular weight excluding hydrogens is 592 g/mol. The van der Waals surface area contributed by atoms with Crippen LogP contribution in [0.1, 0.15) is 104 Å². The Morgan fingerprint density at radius 1 is 1.21 bits per heavy atom. The summed E-state index contributed by atoms with van der Waals surface area (Å²) in [5.41, 5.74) is 8.46. The second-order valence-corrected chi connectivity index (χ2v) is 14.0. The molecule has 3 aliphatic carbocycles. The van der Waals surface area contributed by atoms with Gasteiger partial charge in [-0.1, -0.05) is 63.1 Å². The molecule has 1 heterocycles. The van der Waals surface area contributed by atoms with Gasteiger partial charge in [0.25, 0.3) is 0 Å². The summed E-state index contributed by atoms with van der Waals surface area (Å²) in [6.07, 6.45) is 14.9. The van der Waals surface area contributed by atoms with Gasteiger partial charge in [0.2, 0.25) is 6.43 Å². The summed E-state index contributed by atoms with van der Waals surface area (Å²) < 4.78 is 39.5. The smallest absolute Gasteiger partial charge is 0.241 e. The van der Waals surface area contributed by atoms with Crippen molar-refractivity contribution < 1.29 is 23.4 Å². The largest absolute Gasteiger partial charge is 0.489 e. The van der Waals surface area contributed by atoms with Crippen molar-refractivity contribution >= 4 is 5.57 Å². The highest BCUT2D eigenvalue weighted by Gasteiger charge is 2.51. The fourth-order valence-electron chi connectivity index (χ4n) is 7.76. The Kier molecular flexibility index (Phi) is 11.4. The first-order chi connectivity index (χ1) is 22.6. The van der Waals surface area contributed by atoms with Gasteiger partial charge in [-0.3, -0.25) is 0 Å². The molecule has 1 aromatic rings. The van der Waals surface area contributed by atoms with Crippen molar-refractivity contribution in [3.63, 3.8) is 0 Å². The van der Waals surface area contributed by atoms with Crippen molar-refractivity contribution in [1.29, 1.82) is 5.26 Å². The molecule has 0 radical (unpaired) electrons. The van der Waals surface area contributed by atoms with Crippen LogP contribution in [0, 0.1) is 29.1 Å². The second-order valence-electron chi connectivity index (χ2n) is 14.0. The minimum absolute atomic E-state index is 0.0636. The molecule has 0 amide bonds. The fraction of sp³-hybridized carbons (Fsp3) is 0.537. The number of alkyl halides is 2. The lowest BCUT2D eigenvalue weighted by Gasteiger charge is -2.34. The third-order valence-corrected chi connectivity index (χ3v) is 10.5. The summed E-state index contributed by atoms with van der Waals surface area (Å²) in [5, 5.41) is 21.6. The summed E-state index contributed by atoms with van der Waals surface area (Å²) in [6, 6.07) is 8.25. The van der Waals surface area contributed by atoms with Gasteiger partial charge in [0.15, 0.2) is 0 Å². The van der Waals surface area contributed by atoms with Crippen LogP contribution in [-0.2, 0) is 4.74 Å². The number of hydrogen-bond donors (Lipinski definition) is 1. The Labute approximate surface area is 280 Å². The first kappa shape index (κ1) is 35.0. The standard InChI is InChI=1S/C41H51F2NO3/c1-6-8-11-31(40(42)43)24-41(5,45)37-22-28(7-2)39(36-23-35(36)37)26(3)20-29-12-9-10-13-34(27(29)4)30-14-15-38(32(21-30)25-44)47-33-16-18-46-19-17-33/h9-10,13-15,20-22,31,33,35-36,40,45H,6-8,11-12,16-19,23-24H2,1-5H3/b26-20+. The van der Waals surface area contributed by atoms with E-state index in [1.807, 2.05) is 25.1 Å². The van der Waals surface area contributed by atoms with Crippen molar-refractivity contribution in [2.75, 3.05) is 13.2 Å². The van der Waals surface area contributed by atoms with E-state index in [4.69, 9.17) is 9.47 Å². The molecule has 0 spiro atoms. The van der Waals surface area contributed by atoms with E-state index in [0.717, 1.165) is 61.7 Å². The van der Waals surface area contributed by atoms with E-state index < -0.39 is 17.9 Å². The van der Waals surface area contributed by atoms with Crippen LogP contribution >= 0.6 is 0 Å². The highest BCUT2D eigenvalue weighted by molar-refractivity contribution is 5.82. The van der Waals surface area contributed by atoms with Crippen molar-refractivity contribution in [3.05, 3.63) is 93.1 Å². The molecular formula is C41H51F2NO3. The molecule has 2 fully saturated rings. The number of allylic oxidation sites excluding steroid dienone is 11. The Bertz CT molecular complexity index is 1540. The predicted octanol–water partition coefficient (Wildman–Crippen LogP) is 10.2. The van der Waals surface area contributed by atoms with Gasteiger partial charge in [-0.15, -0.1) is 0 Å². The van der Waals surface area contributed by atoms with Gasteiger partial charge in [-0.25, -0.2) is 8.78 Å². The molecule has 1 aromatic carbocycles. The molecule has 5 rings (SSSR count).